The highest BCUT2D eigenvalue weighted by molar-refractivity contribution is 4.91. The standard InChI is InChI=1S/C9H14N2O/c1-8(2)7-10-9-3-5-11(12)6-4-9/h3-6,8,12H,7H2,1-2H3. The van der Waals surface area contributed by atoms with Crippen molar-refractivity contribution in [1.29, 1.82) is 0 Å². The van der Waals surface area contributed by atoms with Gasteiger partial charge in [0, 0.05) is 18.9 Å². The molecular formula is C9H14N2O. The second-order valence-electron chi connectivity index (χ2n) is 3.17. The monoisotopic (exact) mass is 166 g/mol. The van der Waals surface area contributed by atoms with Gasteiger partial charge in [0.15, 0.2) is 0 Å². The van der Waals surface area contributed by atoms with Crippen molar-refractivity contribution in [2.24, 2.45) is 10.9 Å². The minimum absolute atomic E-state index is 0.575. The summed E-state index contributed by atoms with van der Waals surface area (Å²) >= 11 is 0. The van der Waals surface area contributed by atoms with E-state index < -0.39 is 0 Å². The van der Waals surface area contributed by atoms with Gasteiger partial charge in [0.25, 0.3) is 0 Å². The Labute approximate surface area is 72.0 Å². The molecule has 0 atom stereocenters. The third kappa shape index (κ3) is 2.78. The van der Waals surface area contributed by atoms with Crippen molar-refractivity contribution >= 4 is 0 Å². The summed E-state index contributed by atoms with van der Waals surface area (Å²) in [7, 11) is 0. The fourth-order valence-corrected chi connectivity index (χ4v) is 0.804. The van der Waals surface area contributed by atoms with Crippen molar-refractivity contribution < 1.29 is 5.21 Å². The summed E-state index contributed by atoms with van der Waals surface area (Å²) in [6.45, 7) is 5.08. The van der Waals surface area contributed by atoms with E-state index >= 15 is 0 Å². The summed E-state index contributed by atoms with van der Waals surface area (Å²) < 4.78 is 1.01. The molecule has 0 saturated carbocycles. The van der Waals surface area contributed by atoms with Crippen molar-refractivity contribution in [3.8, 4) is 0 Å². The number of pyridine rings is 1. The highest BCUT2D eigenvalue weighted by Gasteiger charge is 1.88. The Morgan fingerprint density at radius 2 is 2.00 bits per heavy atom. The van der Waals surface area contributed by atoms with Crippen LogP contribution in [0.4, 0.5) is 0 Å². The van der Waals surface area contributed by atoms with Gasteiger partial charge in [-0.15, -0.1) is 0 Å². The first-order chi connectivity index (χ1) is 5.68. The van der Waals surface area contributed by atoms with E-state index in [0.717, 1.165) is 16.6 Å². The molecule has 0 bridgehead atoms. The Morgan fingerprint density at radius 1 is 1.42 bits per heavy atom. The molecule has 0 amide bonds. The van der Waals surface area contributed by atoms with Crippen LogP contribution in [0.25, 0.3) is 0 Å². The summed E-state index contributed by atoms with van der Waals surface area (Å²) in [5, 5.41) is 9.82. The maximum Gasteiger partial charge on any atom is 0.0606 e. The minimum atomic E-state index is 0.575. The molecule has 66 valence electrons. The molecule has 0 saturated heterocycles. The van der Waals surface area contributed by atoms with Crippen LogP contribution in [-0.2, 0) is 0 Å². The largest absolute Gasteiger partial charge is 0.429 e. The predicted octanol–water partition coefficient (Wildman–Crippen LogP) is 1.28. The molecule has 0 spiro atoms. The van der Waals surface area contributed by atoms with Crippen molar-refractivity contribution in [2.45, 2.75) is 13.8 Å². The molecule has 0 aliphatic carbocycles. The smallest absolute Gasteiger partial charge is 0.0606 e. The van der Waals surface area contributed by atoms with Crippen LogP contribution in [0.1, 0.15) is 13.8 Å². The van der Waals surface area contributed by atoms with Crippen LogP contribution in [0.2, 0.25) is 0 Å². The number of aromatic nitrogens is 1. The van der Waals surface area contributed by atoms with Crippen LogP contribution in [0.15, 0.2) is 29.5 Å². The molecule has 0 aromatic carbocycles. The zero-order valence-corrected chi connectivity index (χ0v) is 7.44. The summed E-state index contributed by atoms with van der Waals surface area (Å²) in [4.78, 5) is 4.32. The fourth-order valence-electron chi connectivity index (χ4n) is 0.804. The minimum Gasteiger partial charge on any atom is -0.429 e. The normalized spacial score (nSPS) is 10.2. The Bertz CT molecular complexity index is 281. The van der Waals surface area contributed by atoms with E-state index in [-0.39, 0.29) is 0 Å². The molecule has 1 aromatic rings. The average Bonchev–Trinajstić information content (AvgIpc) is 2.03. The van der Waals surface area contributed by atoms with E-state index in [9.17, 15) is 0 Å². The lowest BCUT2D eigenvalue weighted by molar-refractivity contribution is 0.184. The van der Waals surface area contributed by atoms with Crippen LogP contribution >= 0.6 is 0 Å². The Hall–Kier alpha value is -1.25. The number of hydrogen-bond acceptors (Lipinski definition) is 2. The highest BCUT2D eigenvalue weighted by atomic mass is 16.5. The van der Waals surface area contributed by atoms with E-state index in [0.29, 0.717) is 5.92 Å². The van der Waals surface area contributed by atoms with Crippen LogP contribution in [0, 0.1) is 5.92 Å². The zero-order chi connectivity index (χ0) is 8.97. The van der Waals surface area contributed by atoms with E-state index in [1.54, 1.807) is 24.5 Å². The third-order valence-electron chi connectivity index (χ3n) is 1.44. The van der Waals surface area contributed by atoms with Crippen molar-refractivity contribution in [3.05, 3.63) is 29.9 Å². The first-order valence-corrected chi connectivity index (χ1v) is 4.06. The second-order valence-corrected chi connectivity index (χ2v) is 3.17. The first-order valence-electron chi connectivity index (χ1n) is 4.06. The Kier molecular flexibility index (Phi) is 2.91. The summed E-state index contributed by atoms with van der Waals surface area (Å²) in [6, 6.07) is 3.56. The van der Waals surface area contributed by atoms with Gasteiger partial charge in [-0.25, -0.2) is 4.73 Å². The van der Waals surface area contributed by atoms with Gasteiger partial charge in [-0.1, -0.05) is 13.8 Å². The molecule has 1 aromatic heterocycles. The molecule has 12 heavy (non-hydrogen) atoms. The van der Waals surface area contributed by atoms with Crippen molar-refractivity contribution in [1.82, 2.24) is 4.73 Å². The molecule has 1 N–H and O–H groups in total. The predicted molar refractivity (Wildman–Crippen MR) is 46.9 cm³/mol. The van der Waals surface area contributed by atoms with Gasteiger partial charge < -0.3 is 5.21 Å². The molecule has 0 radical (unpaired) electrons. The first kappa shape index (κ1) is 8.84. The van der Waals surface area contributed by atoms with Gasteiger partial charge in [0.2, 0.25) is 0 Å². The maximum atomic E-state index is 8.91. The Morgan fingerprint density at radius 3 is 2.50 bits per heavy atom. The van der Waals surface area contributed by atoms with E-state index in [1.165, 1.54) is 0 Å². The third-order valence-corrected chi connectivity index (χ3v) is 1.44. The summed E-state index contributed by atoms with van der Waals surface area (Å²) in [6.07, 6.45) is 3.14. The lowest BCUT2D eigenvalue weighted by atomic mass is 10.2. The molecular weight excluding hydrogens is 152 g/mol. The zero-order valence-electron chi connectivity index (χ0n) is 7.44. The summed E-state index contributed by atoms with van der Waals surface area (Å²) in [5.41, 5.74) is 0. The second kappa shape index (κ2) is 3.95. The van der Waals surface area contributed by atoms with E-state index in [1.807, 2.05) is 0 Å². The molecule has 0 aliphatic rings. The fraction of sp³-hybridized carbons (Fsp3) is 0.444. The van der Waals surface area contributed by atoms with Crippen LogP contribution in [0.3, 0.4) is 0 Å². The van der Waals surface area contributed by atoms with Crippen molar-refractivity contribution in [3.63, 3.8) is 0 Å². The van der Waals surface area contributed by atoms with Crippen LogP contribution in [-0.4, -0.2) is 16.5 Å². The quantitative estimate of drug-likeness (QED) is 0.660. The van der Waals surface area contributed by atoms with Crippen LogP contribution in [0.5, 0.6) is 0 Å². The van der Waals surface area contributed by atoms with E-state index in [4.69, 9.17) is 5.21 Å². The molecule has 1 heterocycles. The number of hydrogen-bond donors (Lipinski definition) is 1. The van der Waals surface area contributed by atoms with Crippen LogP contribution < -0.4 is 5.36 Å². The molecule has 0 aliphatic heterocycles. The molecule has 3 heteroatoms. The Balaban J connectivity index is 2.75. The lowest BCUT2D eigenvalue weighted by Crippen LogP contribution is -2.06. The maximum absolute atomic E-state index is 8.91. The molecule has 1 rings (SSSR count). The lowest BCUT2D eigenvalue weighted by Gasteiger charge is -1.97. The molecule has 0 unspecified atom stereocenters. The summed E-state index contributed by atoms with van der Waals surface area (Å²) in [5.74, 6) is 0.575. The number of nitrogens with zero attached hydrogens (tertiary/aromatic N) is 2. The van der Waals surface area contributed by atoms with Gasteiger partial charge >= 0.3 is 0 Å². The van der Waals surface area contributed by atoms with Gasteiger partial charge in [-0.2, -0.15) is 0 Å². The van der Waals surface area contributed by atoms with Gasteiger partial charge in [0.05, 0.1) is 5.36 Å². The topological polar surface area (TPSA) is 37.5 Å². The van der Waals surface area contributed by atoms with E-state index in [2.05, 4.69) is 18.8 Å². The highest BCUT2D eigenvalue weighted by Crippen LogP contribution is 1.89. The molecule has 0 fully saturated rings. The van der Waals surface area contributed by atoms with Gasteiger partial charge in [0.1, 0.15) is 0 Å². The number of rotatable bonds is 2. The van der Waals surface area contributed by atoms with Crippen molar-refractivity contribution in [2.75, 3.05) is 6.54 Å². The van der Waals surface area contributed by atoms with Gasteiger partial charge in [-0.05, 0) is 18.1 Å². The molecule has 3 nitrogen and oxygen atoms in total. The average molecular weight is 166 g/mol. The SMILES string of the molecule is CC(C)CN=c1ccn(O)cc1. The van der Waals surface area contributed by atoms with Gasteiger partial charge in [-0.3, -0.25) is 4.99 Å².